The minimum Gasteiger partial charge on any atom is -0.493 e. The van der Waals surface area contributed by atoms with Gasteiger partial charge in [0.05, 0.1) is 13.3 Å². The summed E-state index contributed by atoms with van der Waals surface area (Å²) in [5.41, 5.74) is 2.37. The molecule has 0 bridgehead atoms. The van der Waals surface area contributed by atoms with Crippen LogP contribution in [0, 0.1) is 0 Å². The molecule has 0 radical (unpaired) electrons. The molecule has 178 valence electrons. The number of aliphatic hydroxyl groups excluding tert-OH is 1. The Kier molecular flexibility index (Phi) is 9.38. The number of aliphatic hydroxyl groups is 1. The predicted octanol–water partition coefficient (Wildman–Crippen LogP) is 3.46. The Bertz CT molecular complexity index is 819. The van der Waals surface area contributed by atoms with E-state index in [1.54, 1.807) is 7.11 Å². The fourth-order valence-corrected chi connectivity index (χ4v) is 4.52. The SMILES string of the molecule is CCN(Cc1ccc(OCC(O)CN(C)C2CCCCC2)c(OC)c1)Cc1cnn(C)c1. The molecule has 0 spiro atoms. The van der Waals surface area contributed by atoms with Crippen molar-refractivity contribution in [3.63, 3.8) is 0 Å². The number of rotatable bonds is 12. The number of likely N-dealkylation sites (N-methyl/N-ethyl adjacent to an activating group) is 1. The van der Waals surface area contributed by atoms with E-state index in [2.05, 4.69) is 41.1 Å². The van der Waals surface area contributed by atoms with Crippen molar-refractivity contribution < 1.29 is 14.6 Å². The lowest BCUT2D eigenvalue weighted by atomic mass is 9.94. The van der Waals surface area contributed by atoms with Crippen molar-refractivity contribution >= 4 is 0 Å². The van der Waals surface area contributed by atoms with Crippen LogP contribution in [0.1, 0.15) is 50.2 Å². The standard InChI is InChI=1S/C25H40N4O3/c1-5-29(17-21-14-26-28(3)15-21)16-20-11-12-24(25(13-20)31-4)32-19-23(30)18-27(2)22-9-7-6-8-10-22/h11-15,22-23,30H,5-10,16-19H2,1-4H3. The average Bonchev–Trinajstić information content (AvgIpc) is 3.22. The van der Waals surface area contributed by atoms with E-state index in [1.165, 1.54) is 37.7 Å². The normalized spacial score (nSPS) is 16.0. The zero-order chi connectivity index (χ0) is 22.9. The van der Waals surface area contributed by atoms with Crippen molar-refractivity contribution in [1.82, 2.24) is 19.6 Å². The summed E-state index contributed by atoms with van der Waals surface area (Å²) in [5.74, 6) is 1.37. The van der Waals surface area contributed by atoms with Crippen LogP contribution in [-0.2, 0) is 20.1 Å². The van der Waals surface area contributed by atoms with Crippen LogP contribution < -0.4 is 9.47 Å². The van der Waals surface area contributed by atoms with Crippen molar-refractivity contribution in [2.24, 2.45) is 7.05 Å². The number of methoxy groups -OCH3 is 1. The number of aryl methyl sites for hydroxylation is 1. The molecule has 1 saturated carbocycles. The zero-order valence-electron chi connectivity index (χ0n) is 20.2. The smallest absolute Gasteiger partial charge is 0.161 e. The molecule has 1 aliphatic rings. The maximum Gasteiger partial charge on any atom is 0.161 e. The van der Waals surface area contributed by atoms with Gasteiger partial charge >= 0.3 is 0 Å². The van der Waals surface area contributed by atoms with Gasteiger partial charge in [-0.25, -0.2) is 0 Å². The highest BCUT2D eigenvalue weighted by molar-refractivity contribution is 5.43. The maximum absolute atomic E-state index is 10.5. The van der Waals surface area contributed by atoms with Crippen LogP contribution >= 0.6 is 0 Å². The van der Waals surface area contributed by atoms with Gasteiger partial charge in [-0.1, -0.05) is 32.3 Å². The van der Waals surface area contributed by atoms with E-state index < -0.39 is 6.10 Å². The van der Waals surface area contributed by atoms with E-state index in [1.807, 2.05) is 30.1 Å². The zero-order valence-corrected chi connectivity index (χ0v) is 20.2. The minimum absolute atomic E-state index is 0.259. The molecule has 3 rings (SSSR count). The van der Waals surface area contributed by atoms with Gasteiger partial charge in [-0.05, 0) is 44.1 Å². The number of nitrogens with zero attached hydrogens (tertiary/aromatic N) is 4. The van der Waals surface area contributed by atoms with Crippen LogP contribution in [0.15, 0.2) is 30.6 Å². The molecular weight excluding hydrogens is 404 g/mol. The molecule has 1 atom stereocenters. The second kappa shape index (κ2) is 12.2. The Morgan fingerprint density at radius 3 is 2.56 bits per heavy atom. The van der Waals surface area contributed by atoms with Crippen LogP contribution in [0.25, 0.3) is 0 Å². The van der Waals surface area contributed by atoms with Crippen molar-refractivity contribution in [2.45, 2.75) is 64.3 Å². The van der Waals surface area contributed by atoms with Crippen molar-refractivity contribution in [3.8, 4) is 11.5 Å². The molecule has 0 amide bonds. The van der Waals surface area contributed by atoms with E-state index in [0.717, 1.165) is 25.2 Å². The van der Waals surface area contributed by atoms with Gasteiger partial charge < -0.3 is 19.5 Å². The molecule has 1 heterocycles. The Labute approximate surface area is 192 Å². The lowest BCUT2D eigenvalue weighted by Gasteiger charge is -2.32. The van der Waals surface area contributed by atoms with Gasteiger partial charge in [-0.15, -0.1) is 0 Å². The minimum atomic E-state index is -0.527. The third-order valence-electron chi connectivity index (χ3n) is 6.37. The van der Waals surface area contributed by atoms with Crippen LogP contribution in [0.3, 0.4) is 0 Å². The molecule has 0 saturated heterocycles. The third-order valence-corrected chi connectivity index (χ3v) is 6.37. The summed E-state index contributed by atoms with van der Waals surface area (Å²) in [6, 6.07) is 6.64. The van der Waals surface area contributed by atoms with E-state index in [9.17, 15) is 5.11 Å². The Morgan fingerprint density at radius 1 is 1.16 bits per heavy atom. The van der Waals surface area contributed by atoms with Crippen LogP contribution in [0.4, 0.5) is 0 Å². The van der Waals surface area contributed by atoms with Gasteiger partial charge in [-0.2, -0.15) is 5.10 Å². The van der Waals surface area contributed by atoms with Crippen LogP contribution in [0.2, 0.25) is 0 Å². The number of benzene rings is 1. The van der Waals surface area contributed by atoms with Gasteiger partial charge in [0.15, 0.2) is 11.5 Å². The molecule has 1 unspecified atom stereocenters. The van der Waals surface area contributed by atoms with Gasteiger partial charge in [0.1, 0.15) is 12.7 Å². The first-order chi connectivity index (χ1) is 15.5. The lowest BCUT2D eigenvalue weighted by molar-refractivity contribution is 0.0553. The van der Waals surface area contributed by atoms with Gasteiger partial charge in [0.2, 0.25) is 0 Å². The monoisotopic (exact) mass is 444 g/mol. The van der Waals surface area contributed by atoms with Crippen molar-refractivity contribution in [2.75, 3.05) is 33.9 Å². The summed E-state index contributed by atoms with van der Waals surface area (Å²) in [5, 5.41) is 14.8. The largest absolute Gasteiger partial charge is 0.493 e. The van der Waals surface area contributed by atoms with Crippen molar-refractivity contribution in [1.29, 1.82) is 0 Å². The first-order valence-corrected chi connectivity index (χ1v) is 11.9. The Morgan fingerprint density at radius 2 is 1.91 bits per heavy atom. The quantitative estimate of drug-likeness (QED) is 0.541. The predicted molar refractivity (Wildman–Crippen MR) is 127 cm³/mol. The van der Waals surface area contributed by atoms with Crippen LogP contribution in [-0.4, -0.2) is 70.7 Å². The van der Waals surface area contributed by atoms with Gasteiger partial charge in [-0.3, -0.25) is 9.58 Å². The van der Waals surface area contributed by atoms with Gasteiger partial charge in [0.25, 0.3) is 0 Å². The highest BCUT2D eigenvalue weighted by Gasteiger charge is 2.20. The molecule has 1 aromatic heterocycles. The highest BCUT2D eigenvalue weighted by Crippen LogP contribution is 2.29. The fraction of sp³-hybridized carbons (Fsp3) is 0.640. The second-order valence-electron chi connectivity index (χ2n) is 9.01. The van der Waals surface area contributed by atoms with E-state index in [0.29, 0.717) is 24.1 Å². The molecule has 0 aliphatic heterocycles. The van der Waals surface area contributed by atoms with Crippen molar-refractivity contribution in [3.05, 3.63) is 41.7 Å². The summed E-state index contributed by atoms with van der Waals surface area (Å²) >= 11 is 0. The molecule has 1 aliphatic carbocycles. The average molecular weight is 445 g/mol. The topological polar surface area (TPSA) is 63.0 Å². The number of aromatic nitrogens is 2. The first-order valence-electron chi connectivity index (χ1n) is 11.9. The molecule has 7 nitrogen and oxygen atoms in total. The molecule has 2 aromatic rings. The summed E-state index contributed by atoms with van der Waals surface area (Å²) < 4.78 is 13.4. The lowest BCUT2D eigenvalue weighted by Crippen LogP contribution is -2.40. The Hall–Kier alpha value is -2.09. The number of hydrogen-bond donors (Lipinski definition) is 1. The molecule has 7 heteroatoms. The first kappa shape index (κ1) is 24.6. The molecule has 1 aromatic carbocycles. The van der Waals surface area contributed by atoms with E-state index in [4.69, 9.17) is 9.47 Å². The third kappa shape index (κ3) is 7.22. The van der Waals surface area contributed by atoms with E-state index >= 15 is 0 Å². The molecular formula is C25H40N4O3. The molecule has 1 fully saturated rings. The maximum atomic E-state index is 10.5. The van der Waals surface area contributed by atoms with Gasteiger partial charge in [0, 0.05) is 44.5 Å². The summed E-state index contributed by atoms with van der Waals surface area (Å²) in [4.78, 5) is 4.65. The fourth-order valence-electron chi connectivity index (χ4n) is 4.52. The summed E-state index contributed by atoms with van der Waals surface area (Å²) in [6.45, 7) is 5.66. The number of ether oxygens (including phenoxy) is 2. The Balaban J connectivity index is 1.52. The molecule has 32 heavy (non-hydrogen) atoms. The van der Waals surface area contributed by atoms with E-state index in [-0.39, 0.29) is 6.61 Å². The second-order valence-corrected chi connectivity index (χ2v) is 9.01. The van der Waals surface area contributed by atoms with Crippen LogP contribution in [0.5, 0.6) is 11.5 Å². The molecule has 1 N–H and O–H groups in total. The highest BCUT2D eigenvalue weighted by atomic mass is 16.5. The summed E-state index contributed by atoms with van der Waals surface area (Å²) in [7, 11) is 5.71. The number of hydrogen-bond acceptors (Lipinski definition) is 6. The summed E-state index contributed by atoms with van der Waals surface area (Å²) in [6.07, 6.45) is 9.83.